The fraction of sp³-hybridized carbons (Fsp3) is 0.176. The summed E-state index contributed by atoms with van der Waals surface area (Å²) in [6, 6.07) is 10.9. The summed E-state index contributed by atoms with van der Waals surface area (Å²) in [6.45, 7) is 1.70. The van der Waals surface area contributed by atoms with Crippen LogP contribution in [-0.4, -0.2) is 28.2 Å². The first-order valence-corrected chi connectivity index (χ1v) is 6.94. The number of H-pyrrole nitrogens is 1. The quantitative estimate of drug-likeness (QED) is 0.728. The summed E-state index contributed by atoms with van der Waals surface area (Å²) in [5.41, 5.74) is 4.65. The Hall–Kier alpha value is -2.66. The molecule has 5 heteroatoms. The Morgan fingerprint density at radius 2 is 2.09 bits per heavy atom. The maximum absolute atomic E-state index is 11.7. The van der Waals surface area contributed by atoms with Gasteiger partial charge < -0.3 is 14.8 Å². The van der Waals surface area contributed by atoms with Crippen LogP contribution in [0.2, 0.25) is 0 Å². The molecule has 0 bridgehead atoms. The van der Waals surface area contributed by atoms with E-state index in [0.29, 0.717) is 5.56 Å². The summed E-state index contributed by atoms with van der Waals surface area (Å²) >= 11 is 0. The zero-order valence-corrected chi connectivity index (χ0v) is 12.3. The molecule has 0 aliphatic heterocycles. The smallest absolute Gasteiger partial charge is 0.337 e. The van der Waals surface area contributed by atoms with Gasteiger partial charge in [0.2, 0.25) is 0 Å². The predicted octanol–water partition coefficient (Wildman–Crippen LogP) is 3.07. The molecule has 0 spiro atoms. The lowest BCUT2D eigenvalue weighted by atomic mass is 9.94. The molecule has 0 radical (unpaired) electrons. The number of carbonyl (C=O) groups is 1. The van der Waals surface area contributed by atoms with Crippen LogP contribution in [0.15, 0.2) is 42.7 Å². The number of ether oxygens (including phenoxy) is 1. The number of esters is 1. The van der Waals surface area contributed by atoms with Crippen molar-refractivity contribution in [3.63, 3.8) is 0 Å². The molecule has 1 aromatic heterocycles. The number of hydrogen-bond donors (Lipinski definition) is 2. The van der Waals surface area contributed by atoms with Crippen molar-refractivity contribution in [3.05, 3.63) is 53.9 Å². The van der Waals surface area contributed by atoms with Gasteiger partial charge in [-0.15, -0.1) is 0 Å². The third-order valence-electron chi connectivity index (χ3n) is 3.66. The van der Waals surface area contributed by atoms with E-state index < -0.39 is 12.1 Å². The molecule has 2 aromatic carbocycles. The van der Waals surface area contributed by atoms with Gasteiger partial charge >= 0.3 is 5.97 Å². The molecule has 2 N–H and O–H groups in total. The lowest BCUT2D eigenvalue weighted by Crippen LogP contribution is -2.03. The number of aromatic nitrogens is 2. The highest BCUT2D eigenvalue weighted by Crippen LogP contribution is 2.31. The number of aromatic amines is 1. The van der Waals surface area contributed by atoms with Crippen LogP contribution in [0.25, 0.3) is 22.2 Å². The normalized spacial score (nSPS) is 12.3. The van der Waals surface area contributed by atoms with E-state index in [-0.39, 0.29) is 0 Å². The van der Waals surface area contributed by atoms with E-state index in [1.54, 1.807) is 31.5 Å². The molecule has 0 saturated heterocycles. The van der Waals surface area contributed by atoms with E-state index in [9.17, 15) is 9.90 Å². The van der Waals surface area contributed by atoms with Gasteiger partial charge in [0.05, 0.1) is 36.1 Å². The summed E-state index contributed by atoms with van der Waals surface area (Å²) in [4.78, 5) is 19.0. The van der Waals surface area contributed by atoms with Crippen molar-refractivity contribution in [1.82, 2.24) is 9.97 Å². The second kappa shape index (κ2) is 5.61. The number of methoxy groups -OCH3 is 1. The van der Waals surface area contributed by atoms with E-state index in [1.807, 2.05) is 18.2 Å². The number of aliphatic hydroxyl groups is 1. The van der Waals surface area contributed by atoms with E-state index in [4.69, 9.17) is 4.74 Å². The first-order valence-electron chi connectivity index (χ1n) is 6.94. The Balaban J connectivity index is 2.19. The summed E-state index contributed by atoms with van der Waals surface area (Å²) in [6.07, 6.45) is 0.992. The Bertz CT molecular complexity index is 837. The zero-order valence-electron chi connectivity index (χ0n) is 12.3. The van der Waals surface area contributed by atoms with E-state index in [0.717, 1.165) is 27.7 Å². The number of benzene rings is 2. The molecule has 1 heterocycles. The first kappa shape index (κ1) is 14.3. The first-order chi connectivity index (χ1) is 10.6. The van der Waals surface area contributed by atoms with E-state index in [1.165, 1.54) is 7.11 Å². The van der Waals surface area contributed by atoms with E-state index in [2.05, 4.69) is 9.97 Å². The van der Waals surface area contributed by atoms with E-state index >= 15 is 0 Å². The molecule has 0 aliphatic rings. The summed E-state index contributed by atoms with van der Waals surface area (Å²) in [5, 5.41) is 9.99. The summed E-state index contributed by atoms with van der Waals surface area (Å²) in [5.74, 6) is -0.403. The van der Waals surface area contributed by atoms with Crippen LogP contribution in [0.4, 0.5) is 0 Å². The molecule has 3 rings (SSSR count). The fourth-order valence-electron chi connectivity index (χ4n) is 2.51. The number of fused-ring (bicyclic) bond motifs is 1. The zero-order chi connectivity index (χ0) is 15.7. The van der Waals surface area contributed by atoms with Crippen molar-refractivity contribution >= 4 is 17.0 Å². The number of nitrogens with zero attached hydrogens (tertiary/aromatic N) is 1. The third-order valence-corrected chi connectivity index (χ3v) is 3.66. The average Bonchev–Trinajstić information content (AvgIpc) is 3.00. The van der Waals surface area contributed by atoms with Gasteiger partial charge in [0.1, 0.15) is 0 Å². The highest BCUT2D eigenvalue weighted by Gasteiger charge is 2.14. The van der Waals surface area contributed by atoms with Crippen LogP contribution in [0.5, 0.6) is 0 Å². The van der Waals surface area contributed by atoms with Crippen molar-refractivity contribution in [2.24, 2.45) is 0 Å². The highest BCUT2D eigenvalue weighted by atomic mass is 16.5. The maximum Gasteiger partial charge on any atom is 0.337 e. The minimum Gasteiger partial charge on any atom is -0.465 e. The Morgan fingerprint density at radius 1 is 1.27 bits per heavy atom. The molecule has 1 unspecified atom stereocenters. The van der Waals surface area contributed by atoms with Crippen LogP contribution in [0.3, 0.4) is 0 Å². The Labute approximate surface area is 127 Å². The van der Waals surface area contributed by atoms with Gasteiger partial charge in [0, 0.05) is 0 Å². The molecule has 112 valence electrons. The lowest BCUT2D eigenvalue weighted by molar-refractivity contribution is 0.0600. The van der Waals surface area contributed by atoms with Crippen molar-refractivity contribution in [3.8, 4) is 11.1 Å². The third kappa shape index (κ3) is 2.46. The van der Waals surface area contributed by atoms with Crippen molar-refractivity contribution in [2.45, 2.75) is 13.0 Å². The van der Waals surface area contributed by atoms with Crippen LogP contribution in [0.1, 0.15) is 28.9 Å². The molecule has 0 saturated carbocycles. The number of hydrogen-bond acceptors (Lipinski definition) is 4. The molecule has 3 aromatic rings. The largest absolute Gasteiger partial charge is 0.465 e. The standard InChI is InChI=1S/C17H16N2O3/c1-10(20)13-5-3-12(17(21)22-2)7-14(13)11-4-6-15-16(8-11)19-9-18-15/h3-10,20H,1-2H3,(H,18,19). The molecule has 0 amide bonds. The molecule has 1 atom stereocenters. The molecule has 5 nitrogen and oxygen atoms in total. The van der Waals surface area contributed by atoms with Gasteiger partial charge in [0.25, 0.3) is 0 Å². The number of nitrogens with one attached hydrogen (secondary N) is 1. The molecule has 0 aliphatic carbocycles. The number of imidazole rings is 1. The molecular formula is C17H16N2O3. The Kier molecular flexibility index (Phi) is 3.65. The lowest BCUT2D eigenvalue weighted by Gasteiger charge is -2.14. The van der Waals surface area contributed by atoms with Crippen molar-refractivity contribution in [2.75, 3.05) is 7.11 Å². The van der Waals surface area contributed by atoms with Crippen LogP contribution in [-0.2, 0) is 4.74 Å². The fourth-order valence-corrected chi connectivity index (χ4v) is 2.51. The number of rotatable bonds is 3. The van der Waals surface area contributed by atoms with Crippen LogP contribution >= 0.6 is 0 Å². The van der Waals surface area contributed by atoms with Crippen LogP contribution in [0, 0.1) is 0 Å². The monoisotopic (exact) mass is 296 g/mol. The maximum atomic E-state index is 11.7. The van der Waals surface area contributed by atoms with Gasteiger partial charge in [-0.3, -0.25) is 0 Å². The van der Waals surface area contributed by atoms with Gasteiger partial charge in [-0.2, -0.15) is 0 Å². The Morgan fingerprint density at radius 3 is 2.82 bits per heavy atom. The topological polar surface area (TPSA) is 75.2 Å². The number of carbonyl (C=O) groups excluding carboxylic acids is 1. The highest BCUT2D eigenvalue weighted by molar-refractivity contribution is 5.92. The van der Waals surface area contributed by atoms with Crippen molar-refractivity contribution in [1.29, 1.82) is 0 Å². The number of aliphatic hydroxyl groups excluding tert-OH is 1. The van der Waals surface area contributed by atoms with Crippen LogP contribution < -0.4 is 0 Å². The SMILES string of the molecule is COC(=O)c1ccc(C(C)O)c(-c2ccc3[nH]cnc3c2)c1. The van der Waals surface area contributed by atoms with Gasteiger partial charge in [0.15, 0.2) is 0 Å². The average molecular weight is 296 g/mol. The predicted molar refractivity (Wildman–Crippen MR) is 83.5 cm³/mol. The van der Waals surface area contributed by atoms with Gasteiger partial charge in [-0.05, 0) is 47.9 Å². The molecule has 22 heavy (non-hydrogen) atoms. The summed E-state index contributed by atoms with van der Waals surface area (Å²) in [7, 11) is 1.35. The van der Waals surface area contributed by atoms with Gasteiger partial charge in [-0.1, -0.05) is 12.1 Å². The minimum atomic E-state index is -0.642. The molecule has 0 fully saturated rings. The van der Waals surface area contributed by atoms with Crippen molar-refractivity contribution < 1.29 is 14.6 Å². The summed E-state index contributed by atoms with van der Waals surface area (Å²) < 4.78 is 4.77. The molecular weight excluding hydrogens is 280 g/mol. The minimum absolute atomic E-state index is 0.403. The second-order valence-electron chi connectivity index (χ2n) is 5.10. The second-order valence-corrected chi connectivity index (χ2v) is 5.10. The van der Waals surface area contributed by atoms with Gasteiger partial charge in [-0.25, -0.2) is 9.78 Å².